The number of carbonyl (C=O) groups excluding carboxylic acids is 1. The van der Waals surface area contributed by atoms with Crippen molar-refractivity contribution in [2.45, 2.75) is 26.3 Å². The monoisotopic (exact) mass is 383 g/mol. The van der Waals surface area contributed by atoms with Crippen LogP contribution in [0.4, 0.5) is 0 Å². The van der Waals surface area contributed by atoms with Crippen molar-refractivity contribution >= 4 is 17.0 Å². The summed E-state index contributed by atoms with van der Waals surface area (Å²) in [4.78, 5) is 19.0. The van der Waals surface area contributed by atoms with Crippen LogP contribution in [-0.4, -0.2) is 48.6 Å². The van der Waals surface area contributed by atoms with E-state index in [-0.39, 0.29) is 5.91 Å². The molecule has 1 aliphatic rings. The van der Waals surface area contributed by atoms with Crippen LogP contribution in [0.15, 0.2) is 39.4 Å². The molecule has 7 heteroatoms. The zero-order chi connectivity index (χ0) is 19.3. The third kappa shape index (κ3) is 4.61. The van der Waals surface area contributed by atoms with Gasteiger partial charge >= 0.3 is 0 Å². The van der Waals surface area contributed by atoms with Crippen molar-refractivity contribution in [3.05, 3.63) is 53.3 Å². The molecule has 0 aliphatic carbocycles. The van der Waals surface area contributed by atoms with Gasteiger partial charge in [0, 0.05) is 26.1 Å². The van der Waals surface area contributed by atoms with Gasteiger partial charge in [-0.05, 0) is 37.1 Å². The van der Waals surface area contributed by atoms with Crippen molar-refractivity contribution < 1.29 is 18.4 Å². The Hall–Kier alpha value is -2.64. The topological polar surface area (TPSA) is 80.7 Å². The SMILES string of the molecule is Cc1ccc2nc(CCCNC(=O)c3coc(CN4CCOCC4)c3)oc2c1. The number of aromatic nitrogens is 1. The lowest BCUT2D eigenvalue weighted by molar-refractivity contribution is 0.0313. The summed E-state index contributed by atoms with van der Waals surface area (Å²) in [5, 5.41) is 2.93. The highest BCUT2D eigenvalue weighted by Crippen LogP contribution is 2.18. The Morgan fingerprint density at radius 2 is 2.11 bits per heavy atom. The van der Waals surface area contributed by atoms with E-state index in [0.29, 0.717) is 31.0 Å². The molecule has 0 atom stereocenters. The van der Waals surface area contributed by atoms with Gasteiger partial charge in [-0.2, -0.15) is 0 Å². The van der Waals surface area contributed by atoms with Crippen molar-refractivity contribution in [2.75, 3.05) is 32.8 Å². The van der Waals surface area contributed by atoms with Crippen LogP contribution in [0.1, 0.15) is 34.0 Å². The molecule has 7 nitrogen and oxygen atoms in total. The summed E-state index contributed by atoms with van der Waals surface area (Å²) in [7, 11) is 0. The number of nitrogens with zero attached hydrogens (tertiary/aromatic N) is 2. The van der Waals surface area contributed by atoms with E-state index in [1.165, 1.54) is 6.26 Å². The summed E-state index contributed by atoms with van der Waals surface area (Å²) in [6.45, 7) is 6.55. The Morgan fingerprint density at radius 1 is 1.25 bits per heavy atom. The van der Waals surface area contributed by atoms with Gasteiger partial charge in [0.15, 0.2) is 11.5 Å². The van der Waals surface area contributed by atoms with E-state index in [9.17, 15) is 4.79 Å². The summed E-state index contributed by atoms with van der Waals surface area (Å²) in [6, 6.07) is 7.79. The van der Waals surface area contributed by atoms with Crippen LogP contribution in [0.2, 0.25) is 0 Å². The van der Waals surface area contributed by atoms with E-state index in [1.54, 1.807) is 0 Å². The number of nitrogens with one attached hydrogen (secondary N) is 1. The number of aryl methyl sites for hydroxylation is 2. The number of ether oxygens (including phenoxy) is 1. The number of benzene rings is 1. The predicted octanol–water partition coefficient (Wildman–Crippen LogP) is 2.92. The molecule has 1 aromatic carbocycles. The van der Waals surface area contributed by atoms with Gasteiger partial charge < -0.3 is 18.9 Å². The van der Waals surface area contributed by atoms with Crippen LogP contribution in [0.25, 0.3) is 11.1 Å². The van der Waals surface area contributed by atoms with Crippen LogP contribution >= 0.6 is 0 Å². The van der Waals surface area contributed by atoms with Crippen LogP contribution in [0.3, 0.4) is 0 Å². The number of fused-ring (bicyclic) bond motifs is 1. The number of amides is 1. The second-order valence-electron chi connectivity index (χ2n) is 7.13. The third-order valence-corrected chi connectivity index (χ3v) is 4.84. The van der Waals surface area contributed by atoms with Gasteiger partial charge in [0.2, 0.25) is 0 Å². The first kappa shape index (κ1) is 18.7. The Balaban J connectivity index is 1.22. The first-order valence-electron chi connectivity index (χ1n) is 9.69. The Kier molecular flexibility index (Phi) is 5.73. The van der Waals surface area contributed by atoms with Crippen molar-refractivity contribution in [1.29, 1.82) is 0 Å². The predicted molar refractivity (Wildman–Crippen MR) is 104 cm³/mol. The molecule has 0 spiro atoms. The van der Waals surface area contributed by atoms with Crippen molar-refractivity contribution in [3.8, 4) is 0 Å². The molecule has 1 fully saturated rings. The zero-order valence-electron chi connectivity index (χ0n) is 16.1. The van der Waals surface area contributed by atoms with Crippen LogP contribution in [-0.2, 0) is 17.7 Å². The molecule has 3 aromatic rings. The minimum Gasteiger partial charge on any atom is -0.467 e. The fraction of sp³-hybridized carbons (Fsp3) is 0.429. The molecule has 148 valence electrons. The van der Waals surface area contributed by atoms with Crippen LogP contribution in [0.5, 0.6) is 0 Å². The number of hydrogen-bond donors (Lipinski definition) is 1. The first-order valence-corrected chi connectivity index (χ1v) is 9.69. The lowest BCUT2D eigenvalue weighted by atomic mass is 10.2. The van der Waals surface area contributed by atoms with E-state index in [1.807, 2.05) is 31.2 Å². The normalized spacial score (nSPS) is 15.2. The van der Waals surface area contributed by atoms with Gasteiger partial charge in [0.1, 0.15) is 17.5 Å². The second kappa shape index (κ2) is 8.58. The van der Waals surface area contributed by atoms with Crippen molar-refractivity contribution in [3.63, 3.8) is 0 Å². The molecule has 1 amide bonds. The van der Waals surface area contributed by atoms with Gasteiger partial charge in [0.25, 0.3) is 5.91 Å². The number of carbonyl (C=O) groups is 1. The number of furan rings is 1. The van der Waals surface area contributed by atoms with E-state index < -0.39 is 0 Å². The largest absolute Gasteiger partial charge is 0.467 e. The number of rotatable bonds is 7. The first-order chi connectivity index (χ1) is 13.7. The molecule has 0 radical (unpaired) electrons. The zero-order valence-corrected chi connectivity index (χ0v) is 16.1. The van der Waals surface area contributed by atoms with Crippen molar-refractivity contribution in [2.24, 2.45) is 0 Å². The van der Waals surface area contributed by atoms with Crippen LogP contribution < -0.4 is 5.32 Å². The molecule has 0 unspecified atom stereocenters. The highest BCUT2D eigenvalue weighted by molar-refractivity contribution is 5.93. The Labute approximate surface area is 163 Å². The fourth-order valence-electron chi connectivity index (χ4n) is 3.29. The van der Waals surface area contributed by atoms with E-state index in [0.717, 1.165) is 55.1 Å². The highest BCUT2D eigenvalue weighted by atomic mass is 16.5. The molecule has 0 bridgehead atoms. The highest BCUT2D eigenvalue weighted by Gasteiger charge is 2.15. The van der Waals surface area contributed by atoms with Crippen LogP contribution in [0, 0.1) is 6.92 Å². The average molecular weight is 383 g/mol. The maximum absolute atomic E-state index is 12.3. The Morgan fingerprint density at radius 3 is 2.96 bits per heavy atom. The molecule has 3 heterocycles. The van der Waals surface area contributed by atoms with E-state index in [4.69, 9.17) is 13.6 Å². The molecule has 2 aromatic heterocycles. The smallest absolute Gasteiger partial charge is 0.254 e. The second-order valence-corrected chi connectivity index (χ2v) is 7.13. The van der Waals surface area contributed by atoms with E-state index >= 15 is 0 Å². The maximum Gasteiger partial charge on any atom is 0.254 e. The van der Waals surface area contributed by atoms with Gasteiger partial charge in [-0.25, -0.2) is 4.98 Å². The third-order valence-electron chi connectivity index (χ3n) is 4.84. The fourth-order valence-corrected chi connectivity index (χ4v) is 3.29. The summed E-state index contributed by atoms with van der Waals surface area (Å²) >= 11 is 0. The lowest BCUT2D eigenvalue weighted by Gasteiger charge is -2.25. The molecule has 28 heavy (non-hydrogen) atoms. The van der Waals surface area contributed by atoms with Gasteiger partial charge in [-0.3, -0.25) is 9.69 Å². The number of hydrogen-bond acceptors (Lipinski definition) is 6. The maximum atomic E-state index is 12.3. The van der Waals surface area contributed by atoms with Gasteiger partial charge in [-0.15, -0.1) is 0 Å². The molecule has 1 N–H and O–H groups in total. The van der Waals surface area contributed by atoms with Crippen molar-refractivity contribution in [1.82, 2.24) is 15.2 Å². The number of morpholine rings is 1. The van der Waals surface area contributed by atoms with Gasteiger partial charge in [-0.1, -0.05) is 6.07 Å². The quantitative estimate of drug-likeness (QED) is 0.632. The standard InChI is InChI=1S/C21H25N3O4/c1-15-4-5-18-19(11-15)28-20(23-18)3-2-6-22-21(25)16-12-17(27-14-16)13-24-7-9-26-10-8-24/h4-5,11-12,14H,2-3,6-10,13H2,1H3,(H,22,25). The van der Waals surface area contributed by atoms with E-state index in [2.05, 4.69) is 15.2 Å². The molecule has 1 saturated heterocycles. The summed E-state index contributed by atoms with van der Waals surface area (Å²) in [6.07, 6.45) is 2.96. The summed E-state index contributed by atoms with van der Waals surface area (Å²) in [5.41, 5.74) is 3.39. The molecule has 1 aliphatic heterocycles. The molecular weight excluding hydrogens is 358 g/mol. The molecule has 4 rings (SSSR count). The minimum atomic E-state index is -0.120. The summed E-state index contributed by atoms with van der Waals surface area (Å²) < 4.78 is 16.6. The van der Waals surface area contributed by atoms with Gasteiger partial charge in [0.05, 0.1) is 25.3 Å². The average Bonchev–Trinajstić information content (AvgIpc) is 3.32. The summed E-state index contributed by atoms with van der Waals surface area (Å²) in [5.74, 6) is 1.38. The lowest BCUT2D eigenvalue weighted by Crippen LogP contribution is -2.35. The Bertz CT molecular complexity index is 940. The number of oxazole rings is 1. The minimum absolute atomic E-state index is 0.120. The molecular formula is C21H25N3O4. The molecule has 0 saturated carbocycles.